The zero-order chi connectivity index (χ0) is 21.1. The van der Waals surface area contributed by atoms with Gasteiger partial charge in [-0.1, -0.05) is 25.5 Å². The minimum atomic E-state index is -4.36. The molecule has 29 heavy (non-hydrogen) atoms. The second-order valence-corrected chi connectivity index (χ2v) is 7.91. The molecule has 0 aliphatic carbocycles. The van der Waals surface area contributed by atoms with Crippen molar-refractivity contribution < 1.29 is 23.0 Å². The number of rotatable bonds is 13. The Morgan fingerprint density at radius 1 is 1.14 bits per heavy atom. The topological polar surface area (TPSA) is 54.4 Å². The molecule has 8 heteroatoms. The molecule has 0 spiro atoms. The molecule has 4 nitrogen and oxygen atoms in total. The molecule has 0 radical (unpaired) electrons. The lowest BCUT2D eigenvalue weighted by Crippen LogP contribution is -2.22. The largest absolute Gasteiger partial charge is 0.494 e. The average molecular weight is 431 g/mol. The number of ether oxygens (including phenoxy) is 1. The summed E-state index contributed by atoms with van der Waals surface area (Å²) < 4.78 is 43.4. The second kappa shape index (κ2) is 12.1. The molecule has 2 aromatic rings. The number of aromatic nitrogens is 1. The van der Waals surface area contributed by atoms with Gasteiger partial charge in [0.15, 0.2) is 5.01 Å². The molecule has 1 aromatic carbocycles. The SMILES string of the molecule is CC(CNCCc1csc(C(F)(F)F)n1)c1ccc(OCCCCCCO)cc1. The van der Waals surface area contributed by atoms with Crippen molar-refractivity contribution in [3.63, 3.8) is 0 Å². The van der Waals surface area contributed by atoms with E-state index in [1.54, 1.807) is 0 Å². The van der Waals surface area contributed by atoms with Crippen molar-refractivity contribution in [2.75, 3.05) is 26.3 Å². The zero-order valence-electron chi connectivity index (χ0n) is 16.7. The smallest absolute Gasteiger partial charge is 0.443 e. The van der Waals surface area contributed by atoms with Crippen LogP contribution in [0.4, 0.5) is 13.2 Å². The molecule has 0 aliphatic heterocycles. The van der Waals surface area contributed by atoms with Crippen LogP contribution in [0, 0.1) is 0 Å². The van der Waals surface area contributed by atoms with E-state index >= 15 is 0 Å². The lowest BCUT2D eigenvalue weighted by molar-refractivity contribution is -0.137. The van der Waals surface area contributed by atoms with Crippen LogP contribution in [0.5, 0.6) is 5.75 Å². The van der Waals surface area contributed by atoms with Crippen LogP contribution < -0.4 is 10.1 Å². The van der Waals surface area contributed by atoms with E-state index in [2.05, 4.69) is 17.2 Å². The first kappa shape index (κ1) is 23.6. The van der Waals surface area contributed by atoms with Gasteiger partial charge in [-0.3, -0.25) is 0 Å². The number of hydrogen-bond acceptors (Lipinski definition) is 5. The summed E-state index contributed by atoms with van der Waals surface area (Å²) >= 11 is 0.643. The predicted molar refractivity (Wildman–Crippen MR) is 110 cm³/mol. The minimum Gasteiger partial charge on any atom is -0.494 e. The molecular weight excluding hydrogens is 401 g/mol. The normalized spacial score (nSPS) is 12.9. The van der Waals surface area contributed by atoms with Gasteiger partial charge in [0.1, 0.15) is 5.75 Å². The number of alkyl halides is 3. The Morgan fingerprint density at radius 2 is 1.86 bits per heavy atom. The van der Waals surface area contributed by atoms with E-state index in [0.29, 0.717) is 36.6 Å². The van der Waals surface area contributed by atoms with Crippen molar-refractivity contribution in [3.05, 3.63) is 45.9 Å². The van der Waals surface area contributed by atoms with Crippen molar-refractivity contribution in [2.45, 2.75) is 51.1 Å². The Bertz CT molecular complexity index is 705. The van der Waals surface area contributed by atoms with E-state index in [1.165, 1.54) is 10.9 Å². The van der Waals surface area contributed by atoms with Crippen LogP contribution in [0.15, 0.2) is 29.6 Å². The van der Waals surface area contributed by atoms with Gasteiger partial charge in [-0.25, -0.2) is 4.98 Å². The van der Waals surface area contributed by atoms with Gasteiger partial charge in [0.05, 0.1) is 12.3 Å². The minimum absolute atomic E-state index is 0.249. The number of nitrogens with one attached hydrogen (secondary N) is 1. The first-order valence-electron chi connectivity index (χ1n) is 9.96. The van der Waals surface area contributed by atoms with E-state index in [-0.39, 0.29) is 12.5 Å². The lowest BCUT2D eigenvalue weighted by atomic mass is 10.0. The first-order valence-corrected chi connectivity index (χ1v) is 10.8. The molecule has 0 bridgehead atoms. The molecule has 1 heterocycles. The quantitative estimate of drug-likeness (QED) is 0.438. The molecule has 0 amide bonds. The summed E-state index contributed by atoms with van der Waals surface area (Å²) in [5.41, 5.74) is 1.65. The maximum absolute atomic E-state index is 12.6. The Kier molecular flexibility index (Phi) is 9.90. The highest BCUT2D eigenvalue weighted by molar-refractivity contribution is 7.09. The summed E-state index contributed by atoms with van der Waals surface area (Å²) in [7, 11) is 0. The lowest BCUT2D eigenvalue weighted by Gasteiger charge is -2.14. The van der Waals surface area contributed by atoms with Gasteiger partial charge in [-0.05, 0) is 42.9 Å². The van der Waals surface area contributed by atoms with E-state index in [0.717, 1.165) is 38.0 Å². The second-order valence-electron chi connectivity index (χ2n) is 7.05. The molecule has 0 saturated carbocycles. The highest BCUT2D eigenvalue weighted by Gasteiger charge is 2.34. The molecule has 1 atom stereocenters. The number of unbranched alkanes of at least 4 members (excludes halogenated alkanes) is 3. The van der Waals surface area contributed by atoms with Crippen molar-refractivity contribution in [2.24, 2.45) is 0 Å². The number of halogens is 3. The fourth-order valence-electron chi connectivity index (χ4n) is 2.85. The summed E-state index contributed by atoms with van der Waals surface area (Å²) in [5.74, 6) is 1.13. The maximum Gasteiger partial charge on any atom is 0.443 e. The predicted octanol–water partition coefficient (Wildman–Crippen LogP) is 5.03. The molecule has 1 aromatic heterocycles. The molecule has 162 valence electrons. The number of thiazole rings is 1. The fourth-order valence-corrected chi connectivity index (χ4v) is 3.58. The fraction of sp³-hybridized carbons (Fsp3) is 0.571. The molecule has 0 aliphatic rings. The van der Waals surface area contributed by atoms with Crippen LogP contribution in [-0.4, -0.2) is 36.4 Å². The Hall–Kier alpha value is -1.64. The summed E-state index contributed by atoms with van der Waals surface area (Å²) in [6, 6.07) is 8.02. The standard InChI is InChI=1S/C21H29F3N2O2S/c1-16(14-25-11-10-18-15-29-20(26-18)21(22,23)24)17-6-8-19(9-7-17)28-13-5-3-2-4-12-27/h6-9,15-16,25,27H,2-5,10-14H2,1H3. The van der Waals surface area contributed by atoms with Gasteiger partial charge in [0.2, 0.25) is 0 Å². The van der Waals surface area contributed by atoms with E-state index in [1.807, 2.05) is 24.3 Å². The van der Waals surface area contributed by atoms with Crippen LogP contribution in [-0.2, 0) is 12.6 Å². The number of nitrogens with zero attached hydrogens (tertiary/aromatic N) is 1. The first-order chi connectivity index (χ1) is 13.9. The Morgan fingerprint density at radius 3 is 2.52 bits per heavy atom. The van der Waals surface area contributed by atoms with Crippen molar-refractivity contribution in [1.29, 1.82) is 0 Å². The molecule has 2 rings (SSSR count). The molecule has 0 saturated heterocycles. The summed E-state index contributed by atoms with van der Waals surface area (Å²) in [6.07, 6.45) is 0.0184. The van der Waals surface area contributed by atoms with Crippen LogP contribution in [0.1, 0.15) is 54.8 Å². The summed E-state index contributed by atoms with van der Waals surface area (Å²) in [5, 5.41) is 12.7. The van der Waals surface area contributed by atoms with Gasteiger partial charge in [0.25, 0.3) is 0 Å². The number of aliphatic hydroxyl groups is 1. The molecule has 0 fully saturated rings. The van der Waals surface area contributed by atoms with Gasteiger partial charge < -0.3 is 15.2 Å². The highest BCUT2D eigenvalue weighted by atomic mass is 32.1. The Labute approximate surface area is 174 Å². The third-order valence-electron chi connectivity index (χ3n) is 4.57. The maximum atomic E-state index is 12.6. The third kappa shape index (κ3) is 8.72. The number of hydrogen-bond donors (Lipinski definition) is 2. The van der Waals surface area contributed by atoms with Gasteiger partial charge in [-0.2, -0.15) is 13.2 Å². The van der Waals surface area contributed by atoms with Crippen LogP contribution in [0.3, 0.4) is 0 Å². The number of benzene rings is 1. The average Bonchev–Trinajstić information content (AvgIpc) is 3.18. The monoisotopic (exact) mass is 430 g/mol. The molecule has 2 N–H and O–H groups in total. The van der Waals surface area contributed by atoms with Crippen LogP contribution in [0.2, 0.25) is 0 Å². The zero-order valence-corrected chi connectivity index (χ0v) is 17.5. The Balaban J connectivity index is 1.64. The number of aliphatic hydroxyl groups excluding tert-OH is 1. The summed E-state index contributed by atoms with van der Waals surface area (Å²) in [4.78, 5) is 3.64. The van der Waals surface area contributed by atoms with Crippen molar-refractivity contribution in [3.8, 4) is 5.75 Å². The van der Waals surface area contributed by atoms with Gasteiger partial charge >= 0.3 is 6.18 Å². The van der Waals surface area contributed by atoms with Crippen LogP contribution >= 0.6 is 11.3 Å². The van der Waals surface area contributed by atoms with E-state index in [4.69, 9.17) is 9.84 Å². The van der Waals surface area contributed by atoms with E-state index < -0.39 is 11.2 Å². The van der Waals surface area contributed by atoms with Crippen molar-refractivity contribution >= 4 is 11.3 Å². The molecular formula is C21H29F3N2O2S. The van der Waals surface area contributed by atoms with E-state index in [9.17, 15) is 13.2 Å². The highest BCUT2D eigenvalue weighted by Crippen LogP contribution is 2.31. The molecule has 1 unspecified atom stereocenters. The van der Waals surface area contributed by atoms with Crippen molar-refractivity contribution in [1.82, 2.24) is 10.3 Å². The van der Waals surface area contributed by atoms with Gasteiger partial charge in [-0.15, -0.1) is 11.3 Å². The third-order valence-corrected chi connectivity index (χ3v) is 5.51. The summed E-state index contributed by atoms with van der Waals surface area (Å²) in [6.45, 7) is 4.35. The van der Waals surface area contributed by atoms with Crippen LogP contribution in [0.25, 0.3) is 0 Å². The van der Waals surface area contributed by atoms with Gasteiger partial charge in [0, 0.05) is 31.5 Å².